The summed E-state index contributed by atoms with van der Waals surface area (Å²) in [6.07, 6.45) is 1.48. The molecule has 0 aliphatic rings. The Morgan fingerprint density at radius 1 is 1.37 bits per heavy atom. The fourth-order valence-corrected chi connectivity index (χ4v) is 1.61. The van der Waals surface area contributed by atoms with E-state index in [1.165, 1.54) is 18.3 Å². The van der Waals surface area contributed by atoms with Gasteiger partial charge in [-0.25, -0.2) is 4.39 Å². The summed E-state index contributed by atoms with van der Waals surface area (Å²) in [7, 11) is 0. The van der Waals surface area contributed by atoms with Crippen LogP contribution in [-0.4, -0.2) is 4.98 Å². The first-order valence-corrected chi connectivity index (χ1v) is 5.58. The normalized spacial score (nSPS) is 10.2. The Labute approximate surface area is 109 Å². The lowest BCUT2D eigenvalue weighted by Gasteiger charge is -2.11. The second kappa shape index (κ2) is 5.43. The maximum atomic E-state index is 13.6. The zero-order valence-electron chi connectivity index (χ0n) is 10.3. The maximum Gasteiger partial charge on any atom is 0.167 e. The number of pyridine rings is 1. The SMILES string of the molecule is Cc1c(Oc2ccc(N)cc2F)ccnc1CN=O. The number of halogens is 1. The van der Waals surface area contributed by atoms with Gasteiger partial charge in [-0.05, 0) is 25.1 Å². The predicted molar refractivity (Wildman–Crippen MR) is 69.4 cm³/mol. The highest BCUT2D eigenvalue weighted by molar-refractivity contribution is 5.45. The summed E-state index contributed by atoms with van der Waals surface area (Å²) in [5, 5.41) is 2.79. The third-order valence-electron chi connectivity index (χ3n) is 2.65. The molecule has 2 rings (SSSR count). The Morgan fingerprint density at radius 3 is 2.84 bits per heavy atom. The van der Waals surface area contributed by atoms with E-state index in [1.807, 2.05) is 0 Å². The van der Waals surface area contributed by atoms with Gasteiger partial charge in [-0.1, -0.05) is 5.18 Å². The van der Waals surface area contributed by atoms with Crippen LogP contribution >= 0.6 is 0 Å². The molecule has 19 heavy (non-hydrogen) atoms. The lowest BCUT2D eigenvalue weighted by atomic mass is 10.2. The van der Waals surface area contributed by atoms with Gasteiger partial charge < -0.3 is 10.5 Å². The Hall–Kier alpha value is -2.50. The molecule has 2 aromatic rings. The quantitative estimate of drug-likeness (QED) is 0.677. The third kappa shape index (κ3) is 2.85. The number of anilines is 1. The van der Waals surface area contributed by atoms with E-state index in [9.17, 15) is 9.30 Å². The molecule has 6 heteroatoms. The number of aromatic nitrogens is 1. The summed E-state index contributed by atoms with van der Waals surface area (Å²) in [4.78, 5) is 14.3. The van der Waals surface area contributed by atoms with Gasteiger partial charge in [0.2, 0.25) is 0 Å². The third-order valence-corrected chi connectivity index (χ3v) is 2.65. The van der Waals surface area contributed by atoms with Gasteiger partial charge in [0.1, 0.15) is 12.3 Å². The van der Waals surface area contributed by atoms with Gasteiger partial charge in [0.05, 0.1) is 5.69 Å². The van der Waals surface area contributed by atoms with Crippen LogP contribution in [0.15, 0.2) is 35.6 Å². The molecule has 1 heterocycles. The van der Waals surface area contributed by atoms with E-state index in [4.69, 9.17) is 10.5 Å². The van der Waals surface area contributed by atoms with Crippen LogP contribution in [0.2, 0.25) is 0 Å². The Bertz CT molecular complexity index is 617. The topological polar surface area (TPSA) is 77.6 Å². The molecule has 0 atom stereocenters. The monoisotopic (exact) mass is 261 g/mol. The van der Waals surface area contributed by atoms with Gasteiger partial charge in [0.25, 0.3) is 0 Å². The molecule has 0 saturated heterocycles. The summed E-state index contributed by atoms with van der Waals surface area (Å²) in [6, 6.07) is 5.77. The van der Waals surface area contributed by atoms with Crippen molar-refractivity contribution < 1.29 is 9.13 Å². The highest BCUT2D eigenvalue weighted by Crippen LogP contribution is 2.29. The lowest BCUT2D eigenvalue weighted by Crippen LogP contribution is -1.97. The van der Waals surface area contributed by atoms with Crippen molar-refractivity contribution in [3.8, 4) is 11.5 Å². The number of nitroso groups, excluding NO2 is 1. The highest BCUT2D eigenvalue weighted by Gasteiger charge is 2.10. The molecule has 0 amide bonds. The summed E-state index contributed by atoms with van der Waals surface area (Å²) in [5.41, 5.74) is 6.94. The van der Waals surface area contributed by atoms with E-state index in [0.29, 0.717) is 22.7 Å². The number of nitrogens with two attached hydrogens (primary N) is 1. The standard InChI is InChI=1S/C13H12FN3O2/c1-8-11(7-17-18)16-5-4-12(8)19-13-3-2-9(15)6-10(13)14/h2-6H,7,15H2,1H3. The van der Waals surface area contributed by atoms with Crippen molar-refractivity contribution in [2.45, 2.75) is 13.5 Å². The van der Waals surface area contributed by atoms with E-state index < -0.39 is 5.82 Å². The average Bonchev–Trinajstić information content (AvgIpc) is 2.37. The number of benzene rings is 1. The Kier molecular flexibility index (Phi) is 3.70. The minimum Gasteiger partial charge on any atom is -0.454 e. The van der Waals surface area contributed by atoms with Gasteiger partial charge in [-0.3, -0.25) is 4.98 Å². The van der Waals surface area contributed by atoms with Crippen molar-refractivity contribution >= 4 is 5.69 Å². The minimum atomic E-state index is -0.550. The molecule has 0 unspecified atom stereocenters. The number of nitrogen functional groups attached to an aromatic ring is 1. The summed E-state index contributed by atoms with van der Waals surface area (Å²) >= 11 is 0. The van der Waals surface area contributed by atoms with Crippen LogP contribution in [0.3, 0.4) is 0 Å². The molecule has 0 bridgehead atoms. The molecule has 1 aromatic heterocycles. The first-order valence-electron chi connectivity index (χ1n) is 5.58. The first-order chi connectivity index (χ1) is 9.11. The van der Waals surface area contributed by atoms with Crippen LogP contribution in [0, 0.1) is 17.6 Å². The van der Waals surface area contributed by atoms with Gasteiger partial charge in [0.15, 0.2) is 11.6 Å². The van der Waals surface area contributed by atoms with Crippen molar-refractivity contribution in [2.75, 3.05) is 5.73 Å². The number of ether oxygens (including phenoxy) is 1. The molecule has 2 N–H and O–H groups in total. The number of rotatable bonds is 4. The van der Waals surface area contributed by atoms with E-state index in [0.717, 1.165) is 0 Å². The number of nitrogens with zero attached hydrogens (tertiary/aromatic N) is 2. The molecule has 98 valence electrons. The number of hydrogen-bond donors (Lipinski definition) is 1. The first kappa shape index (κ1) is 12.9. The number of hydrogen-bond acceptors (Lipinski definition) is 5. The maximum absolute atomic E-state index is 13.6. The largest absolute Gasteiger partial charge is 0.454 e. The smallest absolute Gasteiger partial charge is 0.167 e. The summed E-state index contributed by atoms with van der Waals surface area (Å²) < 4.78 is 19.1. The molecule has 5 nitrogen and oxygen atoms in total. The van der Waals surface area contributed by atoms with E-state index in [2.05, 4.69) is 10.2 Å². The molecule has 1 aromatic carbocycles. The van der Waals surface area contributed by atoms with Gasteiger partial charge in [-0.2, -0.15) is 4.91 Å². The van der Waals surface area contributed by atoms with Crippen LogP contribution in [0.1, 0.15) is 11.3 Å². The van der Waals surface area contributed by atoms with Gasteiger partial charge in [-0.15, -0.1) is 0 Å². The zero-order chi connectivity index (χ0) is 13.8. The second-order valence-corrected chi connectivity index (χ2v) is 3.96. The lowest BCUT2D eigenvalue weighted by molar-refractivity contribution is 0.438. The summed E-state index contributed by atoms with van der Waals surface area (Å²) in [6.45, 7) is 1.69. The summed E-state index contributed by atoms with van der Waals surface area (Å²) in [5.74, 6) is -0.0582. The molecular weight excluding hydrogens is 249 g/mol. The van der Waals surface area contributed by atoms with Crippen LogP contribution in [0.4, 0.5) is 10.1 Å². The van der Waals surface area contributed by atoms with E-state index >= 15 is 0 Å². The minimum absolute atomic E-state index is 0.0484. The van der Waals surface area contributed by atoms with E-state index in [-0.39, 0.29) is 12.3 Å². The fourth-order valence-electron chi connectivity index (χ4n) is 1.61. The Balaban J connectivity index is 2.33. The molecule has 0 radical (unpaired) electrons. The Morgan fingerprint density at radius 2 is 2.16 bits per heavy atom. The molecular formula is C13H12FN3O2. The van der Waals surface area contributed by atoms with Crippen molar-refractivity contribution in [1.82, 2.24) is 4.98 Å². The van der Waals surface area contributed by atoms with Crippen molar-refractivity contribution in [1.29, 1.82) is 0 Å². The predicted octanol–water partition coefficient (Wildman–Crippen LogP) is 3.17. The molecule has 0 saturated carbocycles. The van der Waals surface area contributed by atoms with Gasteiger partial charge in [0, 0.05) is 23.5 Å². The molecule has 0 spiro atoms. The van der Waals surface area contributed by atoms with E-state index in [1.54, 1.807) is 19.1 Å². The van der Waals surface area contributed by atoms with Gasteiger partial charge >= 0.3 is 0 Å². The van der Waals surface area contributed by atoms with Crippen LogP contribution < -0.4 is 10.5 Å². The van der Waals surface area contributed by atoms with Crippen LogP contribution in [0.25, 0.3) is 0 Å². The zero-order valence-corrected chi connectivity index (χ0v) is 10.3. The van der Waals surface area contributed by atoms with Crippen molar-refractivity contribution in [3.05, 3.63) is 52.4 Å². The fraction of sp³-hybridized carbons (Fsp3) is 0.154. The van der Waals surface area contributed by atoms with Crippen molar-refractivity contribution in [3.63, 3.8) is 0 Å². The molecule has 0 aliphatic carbocycles. The molecule has 0 aliphatic heterocycles. The van der Waals surface area contributed by atoms with Crippen LogP contribution in [-0.2, 0) is 6.54 Å². The second-order valence-electron chi connectivity index (χ2n) is 3.96. The highest BCUT2D eigenvalue weighted by atomic mass is 19.1. The van der Waals surface area contributed by atoms with Crippen LogP contribution in [0.5, 0.6) is 11.5 Å². The average molecular weight is 261 g/mol. The molecule has 0 fully saturated rings. The van der Waals surface area contributed by atoms with Crippen molar-refractivity contribution in [2.24, 2.45) is 5.18 Å².